The van der Waals surface area contributed by atoms with Crippen LogP contribution < -0.4 is 4.74 Å². The Labute approximate surface area is 189 Å². The van der Waals surface area contributed by atoms with Crippen LogP contribution in [0.25, 0.3) is 0 Å². The van der Waals surface area contributed by atoms with Gasteiger partial charge >= 0.3 is 0 Å². The maximum Gasteiger partial charge on any atom is 0.253 e. The molecular weight excluding hydrogens is 412 g/mol. The number of piperidine rings is 1. The molecule has 31 heavy (non-hydrogen) atoms. The van der Waals surface area contributed by atoms with Crippen LogP contribution in [0.4, 0.5) is 0 Å². The van der Waals surface area contributed by atoms with E-state index in [1.807, 2.05) is 41.3 Å². The van der Waals surface area contributed by atoms with E-state index in [0.29, 0.717) is 29.2 Å². The van der Waals surface area contributed by atoms with Gasteiger partial charge in [0.1, 0.15) is 11.9 Å². The van der Waals surface area contributed by atoms with Gasteiger partial charge in [-0.25, -0.2) is 0 Å². The third-order valence-corrected chi connectivity index (χ3v) is 5.80. The van der Waals surface area contributed by atoms with Gasteiger partial charge in [0.15, 0.2) is 0 Å². The quantitative estimate of drug-likeness (QED) is 0.667. The SMILES string of the molecule is CN(C)C(=O)c1cc(C(=O)N2CCC(Oc3ccc(Cl)cc3)CC2)cc(C(C)(C)C)c1. The molecule has 166 valence electrons. The molecule has 5 nitrogen and oxygen atoms in total. The van der Waals surface area contributed by atoms with Crippen molar-refractivity contribution < 1.29 is 14.3 Å². The minimum Gasteiger partial charge on any atom is -0.490 e. The number of nitrogens with zero attached hydrogens (tertiary/aromatic N) is 2. The van der Waals surface area contributed by atoms with E-state index in [0.717, 1.165) is 24.2 Å². The average molecular weight is 443 g/mol. The van der Waals surface area contributed by atoms with Crippen molar-refractivity contribution in [1.29, 1.82) is 0 Å². The van der Waals surface area contributed by atoms with Crippen LogP contribution in [0.1, 0.15) is 59.9 Å². The summed E-state index contributed by atoms with van der Waals surface area (Å²) in [7, 11) is 3.44. The van der Waals surface area contributed by atoms with Crippen molar-refractivity contribution in [1.82, 2.24) is 9.80 Å². The van der Waals surface area contributed by atoms with E-state index < -0.39 is 0 Å². The molecule has 2 aromatic rings. The number of hydrogen-bond donors (Lipinski definition) is 0. The normalized spacial score (nSPS) is 15.0. The Morgan fingerprint density at radius 3 is 2.13 bits per heavy atom. The fraction of sp³-hybridized carbons (Fsp3) is 0.440. The Hall–Kier alpha value is -2.53. The van der Waals surface area contributed by atoms with Gasteiger partial charge < -0.3 is 14.5 Å². The van der Waals surface area contributed by atoms with Gasteiger partial charge in [0.25, 0.3) is 11.8 Å². The molecule has 0 N–H and O–H groups in total. The number of benzene rings is 2. The smallest absolute Gasteiger partial charge is 0.253 e. The molecule has 3 rings (SSSR count). The number of likely N-dealkylation sites (tertiary alicyclic amines) is 1. The summed E-state index contributed by atoms with van der Waals surface area (Å²) in [5, 5.41) is 0.678. The number of amides is 2. The van der Waals surface area contributed by atoms with E-state index in [2.05, 4.69) is 20.8 Å². The molecule has 0 spiro atoms. The summed E-state index contributed by atoms with van der Waals surface area (Å²) < 4.78 is 6.04. The fourth-order valence-corrected chi connectivity index (χ4v) is 3.76. The van der Waals surface area contributed by atoms with Gasteiger partial charge in [-0.05, 0) is 53.4 Å². The third-order valence-electron chi connectivity index (χ3n) is 5.54. The van der Waals surface area contributed by atoms with Crippen molar-refractivity contribution >= 4 is 23.4 Å². The fourth-order valence-electron chi connectivity index (χ4n) is 3.63. The van der Waals surface area contributed by atoms with Crippen LogP contribution in [0.5, 0.6) is 5.75 Å². The van der Waals surface area contributed by atoms with Crippen molar-refractivity contribution in [2.45, 2.75) is 45.1 Å². The summed E-state index contributed by atoms with van der Waals surface area (Å²) in [6.45, 7) is 7.49. The van der Waals surface area contributed by atoms with Gasteiger partial charge in [0.2, 0.25) is 0 Å². The second kappa shape index (κ2) is 9.31. The largest absolute Gasteiger partial charge is 0.490 e. The number of ether oxygens (including phenoxy) is 1. The molecular formula is C25H31ClN2O3. The Morgan fingerprint density at radius 2 is 1.58 bits per heavy atom. The molecule has 6 heteroatoms. The zero-order valence-electron chi connectivity index (χ0n) is 18.9. The topological polar surface area (TPSA) is 49.9 Å². The van der Waals surface area contributed by atoms with Crippen LogP contribution in [0.3, 0.4) is 0 Å². The highest BCUT2D eigenvalue weighted by Gasteiger charge is 2.27. The van der Waals surface area contributed by atoms with Gasteiger partial charge in [-0.1, -0.05) is 32.4 Å². The lowest BCUT2D eigenvalue weighted by molar-refractivity contribution is 0.0595. The Balaban J connectivity index is 1.73. The maximum atomic E-state index is 13.3. The second-order valence-electron chi connectivity index (χ2n) is 9.31. The van der Waals surface area contributed by atoms with Crippen LogP contribution in [-0.2, 0) is 5.41 Å². The van der Waals surface area contributed by atoms with E-state index in [9.17, 15) is 9.59 Å². The Bertz CT molecular complexity index is 940. The molecule has 0 saturated carbocycles. The summed E-state index contributed by atoms with van der Waals surface area (Å²) in [6.07, 6.45) is 1.59. The van der Waals surface area contributed by atoms with E-state index in [1.165, 1.54) is 4.90 Å². The van der Waals surface area contributed by atoms with Crippen molar-refractivity contribution in [2.75, 3.05) is 27.2 Å². The Kier molecular flexibility index (Phi) is 6.95. The number of hydrogen-bond acceptors (Lipinski definition) is 3. The maximum absolute atomic E-state index is 13.3. The highest BCUT2D eigenvalue weighted by atomic mass is 35.5. The van der Waals surface area contributed by atoms with E-state index >= 15 is 0 Å². The molecule has 1 heterocycles. The molecule has 0 aromatic heterocycles. The summed E-state index contributed by atoms with van der Waals surface area (Å²) in [5.41, 5.74) is 1.91. The van der Waals surface area contributed by atoms with Crippen LogP contribution in [0, 0.1) is 0 Å². The first-order chi connectivity index (χ1) is 14.5. The second-order valence-corrected chi connectivity index (χ2v) is 9.75. The molecule has 0 atom stereocenters. The molecule has 1 aliphatic heterocycles. The standard InChI is InChI=1S/C25H31ClN2O3/c1-25(2,3)19-15-17(23(29)27(4)5)14-18(16-19)24(30)28-12-10-22(11-13-28)31-21-8-6-20(26)7-9-21/h6-9,14-16,22H,10-13H2,1-5H3. The number of carbonyl (C=O) groups excluding carboxylic acids is 2. The molecule has 1 fully saturated rings. The van der Waals surface area contributed by atoms with Crippen LogP contribution >= 0.6 is 11.6 Å². The highest BCUT2D eigenvalue weighted by Crippen LogP contribution is 2.27. The van der Waals surface area contributed by atoms with Gasteiger partial charge in [-0.3, -0.25) is 9.59 Å². The summed E-state index contributed by atoms with van der Waals surface area (Å²) in [4.78, 5) is 29.3. The van der Waals surface area contributed by atoms with Gasteiger partial charge in [0.05, 0.1) is 0 Å². The van der Waals surface area contributed by atoms with Gasteiger partial charge in [-0.15, -0.1) is 0 Å². The minimum absolute atomic E-state index is 0.0381. The monoisotopic (exact) mass is 442 g/mol. The predicted octanol–water partition coefficient (Wildman–Crippen LogP) is 5.02. The molecule has 2 aromatic carbocycles. The van der Waals surface area contributed by atoms with Crippen molar-refractivity contribution in [2.24, 2.45) is 0 Å². The first-order valence-electron chi connectivity index (χ1n) is 10.6. The summed E-state index contributed by atoms with van der Waals surface area (Å²) in [6, 6.07) is 12.9. The molecule has 2 amide bonds. The Morgan fingerprint density at radius 1 is 1.00 bits per heavy atom. The predicted molar refractivity (Wildman–Crippen MR) is 124 cm³/mol. The van der Waals surface area contributed by atoms with E-state index in [1.54, 1.807) is 20.2 Å². The van der Waals surface area contributed by atoms with Gasteiger partial charge in [0, 0.05) is 56.2 Å². The number of halogens is 1. The molecule has 1 saturated heterocycles. The molecule has 1 aliphatic rings. The summed E-state index contributed by atoms with van der Waals surface area (Å²) in [5.74, 6) is 0.651. The zero-order valence-corrected chi connectivity index (χ0v) is 19.7. The van der Waals surface area contributed by atoms with Crippen LogP contribution in [0.2, 0.25) is 5.02 Å². The molecule has 0 unspecified atom stereocenters. The summed E-state index contributed by atoms with van der Waals surface area (Å²) >= 11 is 5.93. The molecule has 0 bridgehead atoms. The van der Waals surface area contributed by atoms with Crippen LogP contribution in [-0.4, -0.2) is 54.9 Å². The lowest BCUT2D eigenvalue weighted by Gasteiger charge is -2.32. The third kappa shape index (κ3) is 5.79. The van der Waals surface area contributed by atoms with E-state index in [-0.39, 0.29) is 23.3 Å². The first kappa shape index (κ1) is 23.1. The lowest BCUT2D eigenvalue weighted by Crippen LogP contribution is -2.42. The first-order valence-corrected chi connectivity index (χ1v) is 11.0. The van der Waals surface area contributed by atoms with Gasteiger partial charge in [-0.2, -0.15) is 0 Å². The molecule has 0 radical (unpaired) electrons. The van der Waals surface area contributed by atoms with Crippen molar-refractivity contribution in [3.63, 3.8) is 0 Å². The van der Waals surface area contributed by atoms with Crippen LogP contribution in [0.15, 0.2) is 42.5 Å². The number of rotatable bonds is 4. The number of carbonyl (C=O) groups is 2. The van der Waals surface area contributed by atoms with Crippen molar-refractivity contribution in [3.05, 3.63) is 64.2 Å². The molecule has 0 aliphatic carbocycles. The highest BCUT2D eigenvalue weighted by molar-refractivity contribution is 6.30. The minimum atomic E-state index is -0.170. The average Bonchev–Trinajstić information content (AvgIpc) is 2.74. The van der Waals surface area contributed by atoms with Crippen molar-refractivity contribution in [3.8, 4) is 5.75 Å². The lowest BCUT2D eigenvalue weighted by atomic mass is 9.84. The van der Waals surface area contributed by atoms with E-state index in [4.69, 9.17) is 16.3 Å². The zero-order chi connectivity index (χ0) is 22.8.